The quantitative estimate of drug-likeness (QED) is 0.886. The Morgan fingerprint density at radius 1 is 1.35 bits per heavy atom. The van der Waals surface area contributed by atoms with Crippen LogP contribution in [0.2, 0.25) is 0 Å². The SMILES string of the molecule is CCCc1cc2ccc(OC)cc2o[nH]n1C. The van der Waals surface area contributed by atoms with E-state index in [9.17, 15) is 0 Å². The maximum absolute atomic E-state index is 5.52. The van der Waals surface area contributed by atoms with E-state index >= 15 is 0 Å². The van der Waals surface area contributed by atoms with Crippen molar-refractivity contribution < 1.29 is 9.26 Å². The molecular formula is C13H18N2O2. The van der Waals surface area contributed by atoms with E-state index in [-0.39, 0.29) is 0 Å². The van der Waals surface area contributed by atoms with Gasteiger partial charge in [0, 0.05) is 24.2 Å². The number of aryl methyl sites for hydroxylation is 2. The normalized spacial score (nSPS) is 10.5. The third-order valence-corrected chi connectivity index (χ3v) is 2.77. The van der Waals surface area contributed by atoms with Crippen molar-refractivity contribution in [2.24, 2.45) is 7.05 Å². The summed E-state index contributed by atoms with van der Waals surface area (Å²) in [6.07, 6.45) is 2.11. The number of methoxy groups -OCH3 is 1. The summed E-state index contributed by atoms with van der Waals surface area (Å²) in [7, 11) is 3.60. The molecular weight excluding hydrogens is 216 g/mol. The van der Waals surface area contributed by atoms with Crippen molar-refractivity contribution in [1.82, 2.24) is 9.95 Å². The first-order chi connectivity index (χ1) is 8.24. The first kappa shape index (κ1) is 11.6. The lowest BCUT2D eigenvalue weighted by Gasteiger charge is -2.01. The predicted octanol–water partition coefficient (Wildman–Crippen LogP) is 3.18. The molecule has 0 bridgehead atoms. The summed E-state index contributed by atoms with van der Waals surface area (Å²) in [5, 5.41) is 3.96. The van der Waals surface area contributed by atoms with Gasteiger partial charge < -0.3 is 9.26 Å². The average Bonchev–Trinajstić information content (AvgIpc) is 2.50. The zero-order valence-electron chi connectivity index (χ0n) is 10.5. The van der Waals surface area contributed by atoms with Crippen LogP contribution in [0, 0.1) is 0 Å². The predicted molar refractivity (Wildman–Crippen MR) is 67.7 cm³/mol. The molecule has 0 spiro atoms. The Morgan fingerprint density at radius 2 is 2.18 bits per heavy atom. The molecule has 2 rings (SSSR count). The van der Waals surface area contributed by atoms with Gasteiger partial charge in [0.2, 0.25) is 0 Å². The Balaban J connectivity index is 2.63. The fourth-order valence-corrected chi connectivity index (χ4v) is 1.80. The molecule has 4 nitrogen and oxygen atoms in total. The first-order valence-corrected chi connectivity index (χ1v) is 5.79. The third kappa shape index (κ3) is 2.46. The fourth-order valence-electron chi connectivity index (χ4n) is 1.80. The second-order valence-electron chi connectivity index (χ2n) is 4.04. The number of aromatic nitrogens is 2. The average molecular weight is 234 g/mol. The van der Waals surface area contributed by atoms with Crippen LogP contribution in [0.15, 0.2) is 28.8 Å². The fraction of sp³-hybridized carbons (Fsp3) is 0.385. The highest BCUT2D eigenvalue weighted by atomic mass is 16.5. The number of ether oxygens (including phenoxy) is 1. The number of hydrogen-bond donors (Lipinski definition) is 1. The molecule has 0 amide bonds. The van der Waals surface area contributed by atoms with E-state index in [0.29, 0.717) is 0 Å². The number of nitrogens with one attached hydrogen (secondary N) is 1. The molecule has 4 heteroatoms. The van der Waals surface area contributed by atoms with Crippen molar-refractivity contribution in [2.75, 3.05) is 7.11 Å². The molecule has 0 unspecified atom stereocenters. The maximum Gasteiger partial charge on any atom is 0.167 e. The van der Waals surface area contributed by atoms with E-state index in [1.165, 1.54) is 5.69 Å². The van der Waals surface area contributed by atoms with Crippen LogP contribution in [-0.2, 0) is 13.5 Å². The molecule has 1 aromatic carbocycles. The first-order valence-electron chi connectivity index (χ1n) is 5.79. The lowest BCUT2D eigenvalue weighted by Crippen LogP contribution is -2.00. The largest absolute Gasteiger partial charge is 0.497 e. The molecule has 17 heavy (non-hydrogen) atoms. The summed E-state index contributed by atoms with van der Waals surface area (Å²) in [6, 6.07) is 7.96. The molecule has 0 radical (unpaired) electrons. The second-order valence-corrected chi connectivity index (χ2v) is 4.04. The number of rotatable bonds is 3. The van der Waals surface area contributed by atoms with Gasteiger partial charge in [-0.2, -0.15) is 5.27 Å². The van der Waals surface area contributed by atoms with Crippen molar-refractivity contribution in [3.63, 3.8) is 0 Å². The van der Waals surface area contributed by atoms with Gasteiger partial charge in [-0.05, 0) is 24.6 Å². The van der Waals surface area contributed by atoms with Crippen molar-refractivity contribution in [3.8, 4) is 5.75 Å². The lowest BCUT2D eigenvalue weighted by atomic mass is 10.2. The number of hydrogen-bond acceptors (Lipinski definition) is 2. The van der Waals surface area contributed by atoms with Crippen LogP contribution in [0.3, 0.4) is 0 Å². The van der Waals surface area contributed by atoms with E-state index in [0.717, 1.165) is 29.6 Å². The van der Waals surface area contributed by atoms with Crippen LogP contribution in [0.1, 0.15) is 19.0 Å². The van der Waals surface area contributed by atoms with E-state index in [4.69, 9.17) is 9.26 Å². The smallest absolute Gasteiger partial charge is 0.167 e. The van der Waals surface area contributed by atoms with Gasteiger partial charge in [-0.3, -0.25) is 4.68 Å². The molecule has 0 saturated heterocycles. The standard InChI is InChI=1S/C13H18N2O2/c1-4-5-11-8-10-6-7-12(16-3)9-13(10)17-14-15(11)2/h6-9,14H,4-5H2,1-3H3. The molecule has 2 aromatic rings. The van der Waals surface area contributed by atoms with Gasteiger partial charge in [-0.1, -0.05) is 13.3 Å². The minimum atomic E-state index is 0.780. The lowest BCUT2D eigenvalue weighted by molar-refractivity contribution is 0.352. The monoisotopic (exact) mass is 234 g/mol. The van der Waals surface area contributed by atoms with Crippen molar-refractivity contribution in [2.45, 2.75) is 19.8 Å². The molecule has 0 aliphatic heterocycles. The van der Waals surface area contributed by atoms with Crippen LogP contribution >= 0.6 is 0 Å². The molecule has 1 aromatic heterocycles. The molecule has 0 fully saturated rings. The Kier molecular flexibility index (Phi) is 3.42. The second kappa shape index (κ2) is 4.99. The topological polar surface area (TPSA) is 43.1 Å². The number of nitrogens with zero attached hydrogens (tertiary/aromatic N) is 1. The number of aromatic amines is 1. The third-order valence-electron chi connectivity index (χ3n) is 2.77. The Bertz CT molecular complexity index is 547. The molecule has 1 heterocycles. The molecule has 0 aliphatic carbocycles. The van der Waals surface area contributed by atoms with Gasteiger partial charge in [-0.15, -0.1) is 0 Å². The molecule has 0 saturated carbocycles. The highest BCUT2D eigenvalue weighted by Crippen LogP contribution is 2.20. The summed E-state index contributed by atoms with van der Waals surface area (Å²) in [6.45, 7) is 2.16. The Labute approximate surface area is 100 Å². The van der Waals surface area contributed by atoms with Gasteiger partial charge >= 0.3 is 0 Å². The van der Waals surface area contributed by atoms with Crippen LogP contribution in [0.25, 0.3) is 11.0 Å². The summed E-state index contributed by atoms with van der Waals surface area (Å²) in [5.41, 5.74) is 1.98. The van der Waals surface area contributed by atoms with Gasteiger partial charge in [0.15, 0.2) is 5.58 Å². The van der Waals surface area contributed by atoms with Gasteiger partial charge in [0.25, 0.3) is 0 Å². The van der Waals surface area contributed by atoms with E-state index < -0.39 is 0 Å². The summed E-state index contributed by atoms with van der Waals surface area (Å²) < 4.78 is 12.6. The van der Waals surface area contributed by atoms with E-state index in [2.05, 4.69) is 18.3 Å². The van der Waals surface area contributed by atoms with E-state index in [1.54, 1.807) is 7.11 Å². The minimum absolute atomic E-state index is 0.780. The van der Waals surface area contributed by atoms with Crippen LogP contribution in [-0.4, -0.2) is 17.1 Å². The highest BCUT2D eigenvalue weighted by molar-refractivity contribution is 5.77. The highest BCUT2D eigenvalue weighted by Gasteiger charge is 2.01. The zero-order valence-corrected chi connectivity index (χ0v) is 10.5. The molecule has 92 valence electrons. The summed E-state index contributed by atoms with van der Waals surface area (Å²) in [5.74, 6) is 0.792. The van der Waals surface area contributed by atoms with Crippen molar-refractivity contribution >= 4 is 11.0 Å². The zero-order chi connectivity index (χ0) is 12.3. The number of fused-ring (bicyclic) bond motifs is 1. The Morgan fingerprint density at radius 3 is 2.88 bits per heavy atom. The van der Waals surface area contributed by atoms with Gasteiger partial charge in [0.05, 0.1) is 7.11 Å². The van der Waals surface area contributed by atoms with Gasteiger partial charge in [0.1, 0.15) is 5.75 Å². The van der Waals surface area contributed by atoms with Crippen molar-refractivity contribution in [1.29, 1.82) is 0 Å². The number of H-pyrrole nitrogens is 1. The molecule has 0 atom stereocenters. The van der Waals surface area contributed by atoms with Gasteiger partial charge in [-0.25, -0.2) is 0 Å². The van der Waals surface area contributed by atoms with Crippen LogP contribution in [0.5, 0.6) is 5.75 Å². The Hall–Kier alpha value is -1.84. The maximum atomic E-state index is 5.52. The van der Waals surface area contributed by atoms with E-state index in [1.807, 2.05) is 29.9 Å². The van der Waals surface area contributed by atoms with Crippen molar-refractivity contribution in [3.05, 3.63) is 30.0 Å². The minimum Gasteiger partial charge on any atom is -0.497 e. The molecule has 1 N–H and O–H groups in total. The summed E-state index contributed by atoms with van der Waals surface area (Å²) >= 11 is 0. The number of benzene rings is 1. The summed E-state index contributed by atoms with van der Waals surface area (Å²) in [4.78, 5) is 0. The van der Waals surface area contributed by atoms with Crippen LogP contribution in [0.4, 0.5) is 0 Å². The van der Waals surface area contributed by atoms with Crippen LogP contribution < -0.4 is 4.74 Å². The molecule has 0 aliphatic rings.